The van der Waals surface area contributed by atoms with Gasteiger partial charge in [0.1, 0.15) is 5.69 Å². The van der Waals surface area contributed by atoms with Crippen LogP contribution in [0.2, 0.25) is 0 Å². The van der Waals surface area contributed by atoms with Crippen LogP contribution in [0.25, 0.3) is 33.1 Å². The van der Waals surface area contributed by atoms with Gasteiger partial charge in [-0.15, -0.1) is 0 Å². The molecule has 9 nitrogen and oxygen atoms in total. The van der Waals surface area contributed by atoms with Gasteiger partial charge in [0.15, 0.2) is 5.88 Å². The van der Waals surface area contributed by atoms with Gasteiger partial charge >= 0.3 is 0 Å². The number of nitrogens with zero attached hydrogens (tertiary/aromatic N) is 4. The van der Waals surface area contributed by atoms with Gasteiger partial charge in [0.25, 0.3) is 5.69 Å². The molecule has 0 radical (unpaired) electrons. The van der Waals surface area contributed by atoms with Gasteiger partial charge in [0.2, 0.25) is 0 Å². The molecule has 0 saturated carbocycles. The third-order valence-electron chi connectivity index (χ3n) is 5.84. The number of nitro groups is 1. The predicted octanol–water partition coefficient (Wildman–Crippen LogP) is 5.87. The van der Waals surface area contributed by atoms with E-state index in [-0.39, 0.29) is 11.6 Å². The Labute approximate surface area is 191 Å². The number of H-pyrrole nitrogens is 2. The number of nitrogens with one attached hydrogen (secondary N) is 2. The molecule has 2 aromatic heterocycles. The number of aromatic nitrogens is 2. The molecule has 0 aliphatic carbocycles. The number of fused-ring (bicyclic) bond motifs is 2. The van der Waals surface area contributed by atoms with E-state index in [9.17, 15) is 15.2 Å². The molecule has 32 heavy (non-hydrogen) atoms. The molecule has 1 aliphatic rings. The van der Waals surface area contributed by atoms with Gasteiger partial charge < -0.3 is 20.0 Å². The third kappa shape index (κ3) is 3.76. The predicted molar refractivity (Wildman–Crippen MR) is 127 cm³/mol. The molecule has 2 aromatic carbocycles. The number of aromatic hydroxyl groups is 1. The highest BCUT2D eigenvalue weighted by Crippen LogP contribution is 2.45. The largest absolute Gasteiger partial charge is 0.494 e. The molecule has 0 spiro atoms. The van der Waals surface area contributed by atoms with Crippen molar-refractivity contribution in [3.63, 3.8) is 0 Å². The second-order valence-electron chi connectivity index (χ2n) is 7.89. The fraction of sp³-hybridized carbons (Fsp3) is 0.273. The molecule has 0 atom stereocenters. The summed E-state index contributed by atoms with van der Waals surface area (Å²) < 4.78 is 0.881. The zero-order valence-electron chi connectivity index (χ0n) is 17.1. The number of azo groups is 1. The van der Waals surface area contributed by atoms with E-state index >= 15 is 0 Å². The molecule has 164 valence electrons. The average molecular weight is 497 g/mol. The average Bonchev–Trinajstić information content (AvgIpc) is 3.47. The molecule has 1 saturated heterocycles. The monoisotopic (exact) mass is 496 g/mol. The van der Waals surface area contributed by atoms with Crippen molar-refractivity contribution in [1.82, 2.24) is 14.9 Å². The number of likely N-dealkylation sites (tertiary alicyclic amines) is 1. The smallest absolute Gasteiger partial charge is 0.270 e. The van der Waals surface area contributed by atoms with Crippen molar-refractivity contribution < 1.29 is 10.0 Å². The Bertz CT molecular complexity index is 1350. The molecule has 5 rings (SSSR count). The van der Waals surface area contributed by atoms with Crippen molar-refractivity contribution >= 4 is 49.1 Å². The molecule has 0 unspecified atom stereocenters. The highest BCUT2D eigenvalue weighted by Gasteiger charge is 2.22. The summed E-state index contributed by atoms with van der Waals surface area (Å²) >= 11 is 3.45. The van der Waals surface area contributed by atoms with Crippen molar-refractivity contribution in [3.05, 3.63) is 51.0 Å². The maximum Gasteiger partial charge on any atom is 0.270 e. The summed E-state index contributed by atoms with van der Waals surface area (Å²) in [6, 6.07) is 10.3. The van der Waals surface area contributed by atoms with Crippen LogP contribution < -0.4 is 0 Å². The Hall–Kier alpha value is -3.24. The highest BCUT2D eigenvalue weighted by atomic mass is 79.9. The molecule has 3 N–H and O–H groups in total. The quantitative estimate of drug-likeness (QED) is 0.175. The number of non-ortho nitro benzene ring substituents is 1. The number of benzene rings is 2. The Balaban J connectivity index is 1.62. The van der Waals surface area contributed by atoms with E-state index < -0.39 is 4.92 Å². The molecular weight excluding hydrogens is 476 g/mol. The first-order valence-electron chi connectivity index (χ1n) is 10.4. The van der Waals surface area contributed by atoms with Gasteiger partial charge in [-0.05, 0) is 44.1 Å². The Kier molecular flexibility index (Phi) is 5.40. The third-order valence-corrected chi connectivity index (χ3v) is 6.34. The Morgan fingerprint density at radius 1 is 1.09 bits per heavy atom. The Morgan fingerprint density at radius 2 is 1.91 bits per heavy atom. The number of halogens is 1. The molecule has 0 bridgehead atoms. The van der Waals surface area contributed by atoms with Crippen LogP contribution in [0.4, 0.5) is 11.4 Å². The van der Waals surface area contributed by atoms with Gasteiger partial charge in [0, 0.05) is 39.4 Å². The number of rotatable bonds is 6. The van der Waals surface area contributed by atoms with E-state index in [1.54, 1.807) is 6.07 Å². The van der Waals surface area contributed by atoms with Crippen LogP contribution in [-0.2, 0) is 0 Å². The molecule has 1 fully saturated rings. The lowest BCUT2D eigenvalue weighted by Crippen LogP contribution is -2.22. The summed E-state index contributed by atoms with van der Waals surface area (Å²) in [5.41, 5.74) is 3.02. The van der Waals surface area contributed by atoms with E-state index in [0.717, 1.165) is 35.0 Å². The maximum absolute atomic E-state index is 11.3. The number of hydrogen-bond donors (Lipinski definition) is 3. The van der Waals surface area contributed by atoms with Gasteiger partial charge in [-0.25, -0.2) is 0 Å². The number of nitro benzene ring substituents is 1. The van der Waals surface area contributed by atoms with E-state index in [4.69, 9.17) is 0 Å². The normalized spacial score (nSPS) is 14.9. The summed E-state index contributed by atoms with van der Waals surface area (Å²) in [4.78, 5) is 19.5. The lowest BCUT2D eigenvalue weighted by molar-refractivity contribution is -0.384. The Morgan fingerprint density at radius 3 is 2.69 bits per heavy atom. The van der Waals surface area contributed by atoms with Crippen LogP contribution in [0.1, 0.15) is 12.8 Å². The van der Waals surface area contributed by atoms with E-state index in [2.05, 4.69) is 41.0 Å². The van der Waals surface area contributed by atoms with Crippen molar-refractivity contribution in [3.8, 4) is 17.1 Å². The molecule has 10 heteroatoms. The van der Waals surface area contributed by atoms with Gasteiger partial charge in [0.05, 0.1) is 28.2 Å². The van der Waals surface area contributed by atoms with Gasteiger partial charge in [-0.1, -0.05) is 22.0 Å². The second kappa shape index (κ2) is 8.36. The lowest BCUT2D eigenvalue weighted by atomic mass is 10.1. The van der Waals surface area contributed by atoms with Crippen LogP contribution >= 0.6 is 15.9 Å². The molecule has 1 aliphatic heterocycles. The first kappa shape index (κ1) is 20.7. The summed E-state index contributed by atoms with van der Waals surface area (Å²) in [5.74, 6) is -0.00678. The molecule has 3 heterocycles. The summed E-state index contributed by atoms with van der Waals surface area (Å²) in [7, 11) is 0. The van der Waals surface area contributed by atoms with Crippen LogP contribution in [0.15, 0.2) is 51.1 Å². The van der Waals surface area contributed by atoms with Gasteiger partial charge in [-0.3, -0.25) is 10.1 Å². The first-order valence-corrected chi connectivity index (χ1v) is 11.2. The minimum atomic E-state index is -0.429. The van der Waals surface area contributed by atoms with E-state index in [1.165, 1.54) is 25.0 Å². The van der Waals surface area contributed by atoms with Crippen molar-refractivity contribution in [2.24, 2.45) is 10.2 Å². The van der Waals surface area contributed by atoms with Crippen molar-refractivity contribution in [2.75, 3.05) is 26.2 Å². The lowest BCUT2D eigenvalue weighted by Gasteiger charge is -2.11. The molecule has 4 aromatic rings. The van der Waals surface area contributed by atoms with Crippen molar-refractivity contribution in [1.29, 1.82) is 0 Å². The molecule has 0 amide bonds. The van der Waals surface area contributed by atoms with Crippen molar-refractivity contribution in [2.45, 2.75) is 12.8 Å². The van der Waals surface area contributed by atoms with Gasteiger partial charge in [-0.2, -0.15) is 10.2 Å². The first-order chi connectivity index (χ1) is 15.5. The minimum Gasteiger partial charge on any atom is -0.494 e. The minimum absolute atomic E-state index is 0.00678. The molecular formula is C22H21BrN6O3. The summed E-state index contributed by atoms with van der Waals surface area (Å²) in [6.07, 6.45) is 2.42. The van der Waals surface area contributed by atoms with E-state index in [1.807, 2.05) is 18.2 Å². The second-order valence-corrected chi connectivity index (χ2v) is 8.80. The SMILES string of the molecule is O=[N+]([O-])c1ccc2[nH]c(-c3c(O)[nH]c4cc(Br)ccc34)c(N=NCCN3CCCC3)c2c1. The summed E-state index contributed by atoms with van der Waals surface area (Å²) in [5, 5.41) is 32.3. The number of aromatic amines is 2. The topological polar surface area (TPSA) is 123 Å². The van der Waals surface area contributed by atoms with E-state index in [0.29, 0.717) is 34.4 Å². The number of hydrogen-bond acceptors (Lipinski definition) is 6. The zero-order chi connectivity index (χ0) is 22.2. The van der Waals surface area contributed by atoms with Crippen LogP contribution in [0.3, 0.4) is 0 Å². The standard InChI is InChI=1S/C22H21BrN6O3/c23-13-3-5-15-18(11-13)26-22(30)19(15)21-20(27-24-7-10-28-8-1-2-9-28)16-12-14(29(31)32)4-6-17(16)25-21/h3-6,11-12,25-26,30H,1-2,7-10H2. The van der Waals surface area contributed by atoms with Crippen LogP contribution in [0, 0.1) is 10.1 Å². The fourth-order valence-corrected chi connectivity index (χ4v) is 4.65. The summed E-state index contributed by atoms with van der Waals surface area (Å²) in [6.45, 7) is 3.53. The zero-order valence-corrected chi connectivity index (χ0v) is 18.7. The fourth-order valence-electron chi connectivity index (χ4n) is 4.29. The maximum atomic E-state index is 11.3. The highest BCUT2D eigenvalue weighted by molar-refractivity contribution is 9.10. The van der Waals surface area contributed by atoms with Crippen LogP contribution in [0.5, 0.6) is 5.88 Å². The van der Waals surface area contributed by atoms with Crippen LogP contribution in [-0.4, -0.2) is 51.1 Å².